The molecule has 0 heterocycles. The second-order valence-corrected chi connectivity index (χ2v) is 7.93. The van der Waals surface area contributed by atoms with Crippen LogP contribution < -0.4 is 10.0 Å². The van der Waals surface area contributed by atoms with E-state index in [4.69, 9.17) is 21.6 Å². The van der Waals surface area contributed by atoms with Crippen LogP contribution in [0.4, 0.5) is 0 Å². The van der Waals surface area contributed by atoms with E-state index in [-0.39, 0.29) is 35.0 Å². The molecule has 2 aromatic rings. The van der Waals surface area contributed by atoms with E-state index in [1.807, 2.05) is 12.1 Å². The molecule has 152 valence electrons. The maximum atomic E-state index is 12.6. The maximum absolute atomic E-state index is 12.6. The molecule has 0 saturated heterocycles. The van der Waals surface area contributed by atoms with Gasteiger partial charge in [0.2, 0.25) is 10.0 Å². The quantitative estimate of drug-likeness (QED) is 0.458. The lowest BCUT2D eigenvalue weighted by Gasteiger charge is -2.10. The summed E-state index contributed by atoms with van der Waals surface area (Å²) in [6, 6.07) is 14.4. The highest BCUT2D eigenvalue weighted by Crippen LogP contribution is 2.23. The number of esters is 1. The SMILES string of the molecule is N#CCCNC(=O)COC(=O)c1ccc(Cl)c(S(=O)(=O)NCc2ccccc2)c1. The Morgan fingerprint density at radius 2 is 1.86 bits per heavy atom. The summed E-state index contributed by atoms with van der Waals surface area (Å²) < 4.78 is 32.4. The fourth-order valence-electron chi connectivity index (χ4n) is 2.21. The number of carbonyl (C=O) groups is 2. The lowest BCUT2D eigenvalue weighted by molar-refractivity contribution is -0.124. The summed E-state index contributed by atoms with van der Waals surface area (Å²) in [6.07, 6.45) is 0.133. The van der Waals surface area contributed by atoms with Gasteiger partial charge in [0.25, 0.3) is 5.91 Å². The number of sulfonamides is 1. The first kappa shape index (κ1) is 22.4. The van der Waals surface area contributed by atoms with E-state index in [1.165, 1.54) is 12.1 Å². The van der Waals surface area contributed by atoms with Crippen molar-refractivity contribution < 1.29 is 22.7 Å². The summed E-state index contributed by atoms with van der Waals surface area (Å²) in [5.74, 6) is -1.45. The Bertz CT molecular complexity index is 1020. The Balaban J connectivity index is 2.05. The van der Waals surface area contributed by atoms with E-state index in [0.29, 0.717) is 0 Å². The van der Waals surface area contributed by atoms with Crippen molar-refractivity contribution in [2.24, 2.45) is 0 Å². The van der Waals surface area contributed by atoms with E-state index in [2.05, 4.69) is 10.0 Å². The van der Waals surface area contributed by atoms with Gasteiger partial charge in [-0.2, -0.15) is 5.26 Å². The average Bonchev–Trinajstić information content (AvgIpc) is 2.72. The Hall–Kier alpha value is -2.93. The van der Waals surface area contributed by atoms with Crippen LogP contribution in [0.3, 0.4) is 0 Å². The summed E-state index contributed by atoms with van der Waals surface area (Å²) in [5, 5.41) is 10.8. The van der Waals surface area contributed by atoms with Gasteiger partial charge in [-0.05, 0) is 23.8 Å². The molecule has 29 heavy (non-hydrogen) atoms. The van der Waals surface area contributed by atoms with Crippen molar-refractivity contribution in [3.05, 3.63) is 64.7 Å². The number of rotatable bonds is 9. The molecule has 0 fully saturated rings. The van der Waals surface area contributed by atoms with Gasteiger partial charge in [0, 0.05) is 13.1 Å². The highest BCUT2D eigenvalue weighted by atomic mass is 35.5. The van der Waals surface area contributed by atoms with Crippen LogP contribution in [0.25, 0.3) is 0 Å². The molecule has 0 aromatic heterocycles. The largest absolute Gasteiger partial charge is 0.452 e. The van der Waals surface area contributed by atoms with Crippen molar-refractivity contribution in [2.45, 2.75) is 17.9 Å². The molecular weight excluding hydrogens is 418 g/mol. The number of nitriles is 1. The normalized spacial score (nSPS) is 10.8. The molecule has 0 spiro atoms. The molecule has 0 bridgehead atoms. The second-order valence-electron chi connectivity index (χ2n) is 5.79. The maximum Gasteiger partial charge on any atom is 0.338 e. The first-order chi connectivity index (χ1) is 13.8. The minimum Gasteiger partial charge on any atom is -0.452 e. The lowest BCUT2D eigenvalue weighted by Crippen LogP contribution is -2.29. The average molecular weight is 436 g/mol. The molecule has 0 atom stereocenters. The Labute approximate surface area is 173 Å². The summed E-state index contributed by atoms with van der Waals surface area (Å²) >= 11 is 6.00. The summed E-state index contributed by atoms with van der Waals surface area (Å²) in [6.45, 7) is -0.360. The molecule has 0 radical (unpaired) electrons. The zero-order chi connectivity index (χ0) is 21.3. The molecule has 0 aliphatic heterocycles. The highest BCUT2D eigenvalue weighted by Gasteiger charge is 2.21. The van der Waals surface area contributed by atoms with Gasteiger partial charge in [0.1, 0.15) is 4.90 Å². The number of hydrogen-bond donors (Lipinski definition) is 2. The van der Waals surface area contributed by atoms with Crippen LogP contribution in [0.5, 0.6) is 0 Å². The predicted molar refractivity (Wildman–Crippen MR) is 105 cm³/mol. The zero-order valence-electron chi connectivity index (χ0n) is 15.2. The van der Waals surface area contributed by atoms with E-state index in [1.54, 1.807) is 24.3 Å². The monoisotopic (exact) mass is 435 g/mol. The molecule has 2 aromatic carbocycles. The topological polar surface area (TPSA) is 125 Å². The van der Waals surface area contributed by atoms with Gasteiger partial charge >= 0.3 is 5.97 Å². The van der Waals surface area contributed by atoms with Crippen LogP contribution in [0.15, 0.2) is 53.4 Å². The first-order valence-electron chi connectivity index (χ1n) is 8.47. The van der Waals surface area contributed by atoms with Gasteiger partial charge in [0.05, 0.1) is 23.1 Å². The molecule has 2 rings (SSSR count). The van der Waals surface area contributed by atoms with Crippen LogP contribution in [0.2, 0.25) is 5.02 Å². The Morgan fingerprint density at radius 1 is 1.14 bits per heavy atom. The number of carbonyl (C=O) groups excluding carboxylic acids is 2. The van der Waals surface area contributed by atoms with Crippen molar-refractivity contribution in [3.8, 4) is 6.07 Å². The number of nitrogens with zero attached hydrogens (tertiary/aromatic N) is 1. The Kier molecular flexibility index (Phi) is 8.15. The van der Waals surface area contributed by atoms with Crippen LogP contribution in [-0.2, 0) is 26.1 Å². The van der Waals surface area contributed by atoms with Crippen LogP contribution in [0.1, 0.15) is 22.3 Å². The van der Waals surface area contributed by atoms with Gasteiger partial charge in [-0.25, -0.2) is 17.9 Å². The molecule has 10 heteroatoms. The highest BCUT2D eigenvalue weighted by molar-refractivity contribution is 7.89. The van der Waals surface area contributed by atoms with Gasteiger partial charge in [-0.1, -0.05) is 41.9 Å². The van der Waals surface area contributed by atoms with Crippen LogP contribution in [-0.4, -0.2) is 33.4 Å². The lowest BCUT2D eigenvalue weighted by atomic mass is 10.2. The van der Waals surface area contributed by atoms with Crippen molar-refractivity contribution >= 4 is 33.5 Å². The molecule has 0 saturated carbocycles. The van der Waals surface area contributed by atoms with Crippen molar-refractivity contribution in [1.29, 1.82) is 5.26 Å². The summed E-state index contributed by atoms with van der Waals surface area (Å²) in [7, 11) is -3.99. The van der Waals surface area contributed by atoms with Gasteiger partial charge in [0.15, 0.2) is 6.61 Å². The second kappa shape index (κ2) is 10.6. The van der Waals surface area contributed by atoms with Gasteiger partial charge < -0.3 is 10.1 Å². The minimum atomic E-state index is -3.99. The Morgan fingerprint density at radius 3 is 2.55 bits per heavy atom. The third-order valence-corrected chi connectivity index (χ3v) is 5.54. The molecule has 1 amide bonds. The van der Waals surface area contributed by atoms with Crippen molar-refractivity contribution in [1.82, 2.24) is 10.0 Å². The number of amides is 1. The molecule has 0 aliphatic carbocycles. The fourth-order valence-corrected chi connectivity index (χ4v) is 3.75. The molecule has 8 nitrogen and oxygen atoms in total. The zero-order valence-corrected chi connectivity index (χ0v) is 16.8. The van der Waals surface area contributed by atoms with E-state index >= 15 is 0 Å². The van der Waals surface area contributed by atoms with E-state index < -0.39 is 28.5 Å². The number of halogens is 1. The van der Waals surface area contributed by atoms with E-state index in [9.17, 15) is 18.0 Å². The number of hydrogen-bond acceptors (Lipinski definition) is 6. The third-order valence-electron chi connectivity index (χ3n) is 3.66. The smallest absolute Gasteiger partial charge is 0.338 e. The van der Waals surface area contributed by atoms with Gasteiger partial charge in [-0.15, -0.1) is 0 Å². The van der Waals surface area contributed by atoms with Crippen LogP contribution >= 0.6 is 11.6 Å². The molecule has 2 N–H and O–H groups in total. The minimum absolute atomic E-state index is 0.0526. The van der Waals surface area contributed by atoms with E-state index in [0.717, 1.165) is 11.6 Å². The number of ether oxygens (including phenoxy) is 1. The first-order valence-corrected chi connectivity index (χ1v) is 10.3. The number of benzene rings is 2. The van der Waals surface area contributed by atoms with Crippen molar-refractivity contribution in [2.75, 3.05) is 13.2 Å². The van der Waals surface area contributed by atoms with Crippen molar-refractivity contribution in [3.63, 3.8) is 0 Å². The van der Waals surface area contributed by atoms with Crippen LogP contribution in [0, 0.1) is 11.3 Å². The number of nitrogens with one attached hydrogen (secondary N) is 2. The third kappa shape index (κ3) is 6.87. The van der Waals surface area contributed by atoms with Gasteiger partial charge in [-0.3, -0.25) is 4.79 Å². The summed E-state index contributed by atoms with van der Waals surface area (Å²) in [5.41, 5.74) is 0.685. The molecule has 0 aliphatic rings. The fraction of sp³-hybridized carbons (Fsp3) is 0.211. The predicted octanol–water partition coefficient (Wildman–Crippen LogP) is 2.01. The molecule has 0 unspecified atom stereocenters. The standard InChI is InChI=1S/C19H18ClN3O5S/c20-16-8-7-15(19(25)28-13-18(24)22-10-4-9-21)11-17(16)29(26,27)23-12-14-5-2-1-3-6-14/h1-3,5-8,11,23H,4,10,12-13H2,(H,22,24). The molecular formula is C19H18ClN3O5S. The summed E-state index contributed by atoms with van der Waals surface area (Å²) in [4.78, 5) is 23.4.